The number of carbonyl (C=O) groups is 2. The third-order valence-corrected chi connectivity index (χ3v) is 8.30. The second-order valence-electron chi connectivity index (χ2n) is 11.3. The first kappa shape index (κ1) is 36.0. The van der Waals surface area contributed by atoms with Crippen molar-refractivity contribution in [3.63, 3.8) is 0 Å². The maximum Gasteiger partial charge on any atom is 0.459 e. The van der Waals surface area contributed by atoms with Crippen molar-refractivity contribution in [2.24, 2.45) is 11.8 Å². The summed E-state index contributed by atoms with van der Waals surface area (Å²) in [6, 6.07) is 8.08. The molecule has 1 fully saturated rings. The van der Waals surface area contributed by atoms with Crippen molar-refractivity contribution in [2.75, 3.05) is 19.8 Å². The van der Waals surface area contributed by atoms with Gasteiger partial charge in [0, 0.05) is 0 Å². The Bertz CT molecular complexity index is 1350. The zero-order valence-corrected chi connectivity index (χ0v) is 26.5. The SMILES string of the molecule is CC(C)CCOC(=O)C[C@H](NP(=O)(OC[C@H]1O[C@@H](n2cnc(C#N)c2O)[C@H](O)[C@@H]1O)Oc1ccccc1)C(=O)OCCC(C)C. The fourth-order valence-corrected chi connectivity index (χ4v) is 5.60. The molecule has 2 heterocycles. The molecule has 16 heteroatoms. The van der Waals surface area contributed by atoms with Crippen molar-refractivity contribution in [3.05, 3.63) is 42.4 Å². The number of imidazole rings is 1. The number of aromatic nitrogens is 2. The summed E-state index contributed by atoms with van der Waals surface area (Å²) in [5.41, 5.74) is -0.320. The third kappa shape index (κ3) is 10.5. The Kier molecular flexibility index (Phi) is 13.3. The Hall–Kier alpha value is -3.51. The molecule has 0 spiro atoms. The van der Waals surface area contributed by atoms with E-state index in [1.54, 1.807) is 24.3 Å². The van der Waals surface area contributed by atoms with E-state index in [9.17, 15) is 29.5 Å². The van der Waals surface area contributed by atoms with Gasteiger partial charge in [0.05, 0.1) is 26.2 Å². The van der Waals surface area contributed by atoms with Crippen LogP contribution in [0.1, 0.15) is 58.9 Å². The first-order chi connectivity index (χ1) is 21.3. The molecule has 0 amide bonds. The summed E-state index contributed by atoms with van der Waals surface area (Å²) in [5.74, 6) is -1.61. The number of nitriles is 1. The van der Waals surface area contributed by atoms with Gasteiger partial charge in [-0.1, -0.05) is 45.9 Å². The van der Waals surface area contributed by atoms with E-state index in [0.29, 0.717) is 12.8 Å². The fraction of sp³-hybridized carbons (Fsp3) is 0.586. The van der Waals surface area contributed by atoms with Gasteiger partial charge in [-0.15, -0.1) is 0 Å². The zero-order valence-electron chi connectivity index (χ0n) is 25.6. The number of nitrogens with zero attached hydrogens (tertiary/aromatic N) is 3. The van der Waals surface area contributed by atoms with Gasteiger partial charge in [0.25, 0.3) is 0 Å². The molecule has 0 saturated carbocycles. The van der Waals surface area contributed by atoms with E-state index in [0.717, 1.165) is 10.9 Å². The molecule has 45 heavy (non-hydrogen) atoms. The van der Waals surface area contributed by atoms with Crippen molar-refractivity contribution in [3.8, 4) is 17.7 Å². The monoisotopic (exact) mass is 652 g/mol. The quantitative estimate of drug-likeness (QED) is 0.143. The van der Waals surface area contributed by atoms with Crippen LogP contribution in [0.3, 0.4) is 0 Å². The smallest absolute Gasteiger partial charge is 0.459 e. The first-order valence-electron chi connectivity index (χ1n) is 14.6. The Morgan fingerprint density at radius 1 is 1.09 bits per heavy atom. The number of rotatable bonds is 17. The molecule has 0 radical (unpaired) electrons. The van der Waals surface area contributed by atoms with E-state index in [1.807, 2.05) is 27.7 Å². The Morgan fingerprint density at radius 2 is 1.73 bits per heavy atom. The Balaban J connectivity index is 1.81. The molecule has 0 aliphatic carbocycles. The average Bonchev–Trinajstić information content (AvgIpc) is 3.49. The summed E-state index contributed by atoms with van der Waals surface area (Å²) in [6.45, 7) is 7.37. The molecule has 1 aromatic heterocycles. The van der Waals surface area contributed by atoms with E-state index >= 15 is 0 Å². The number of benzene rings is 1. The van der Waals surface area contributed by atoms with Crippen molar-refractivity contribution < 1.29 is 52.7 Å². The highest BCUT2D eigenvalue weighted by atomic mass is 31.2. The second kappa shape index (κ2) is 16.7. The van der Waals surface area contributed by atoms with E-state index in [1.165, 1.54) is 12.1 Å². The molecule has 1 aromatic carbocycles. The van der Waals surface area contributed by atoms with Gasteiger partial charge in [-0.3, -0.25) is 18.7 Å². The van der Waals surface area contributed by atoms with E-state index in [2.05, 4.69) is 10.1 Å². The van der Waals surface area contributed by atoms with Crippen molar-refractivity contribution in [2.45, 2.75) is 77.5 Å². The van der Waals surface area contributed by atoms with E-state index in [4.69, 9.17) is 28.5 Å². The molecule has 248 valence electrons. The van der Waals surface area contributed by atoms with Crippen LogP contribution in [0.4, 0.5) is 0 Å². The van der Waals surface area contributed by atoms with Crippen molar-refractivity contribution >= 4 is 19.7 Å². The largest absolute Gasteiger partial charge is 0.492 e. The van der Waals surface area contributed by atoms with Gasteiger partial charge in [0.2, 0.25) is 11.6 Å². The van der Waals surface area contributed by atoms with Gasteiger partial charge in [0.1, 0.15) is 42.5 Å². The number of ether oxygens (including phenoxy) is 3. The highest BCUT2D eigenvalue weighted by molar-refractivity contribution is 7.52. The Labute approximate surface area is 261 Å². The van der Waals surface area contributed by atoms with Crippen molar-refractivity contribution in [1.29, 1.82) is 5.26 Å². The molecular weight excluding hydrogens is 611 g/mol. The summed E-state index contributed by atoms with van der Waals surface area (Å²) in [5, 5.41) is 43.0. The predicted molar refractivity (Wildman–Crippen MR) is 158 cm³/mol. The molecule has 1 aliphatic rings. The van der Waals surface area contributed by atoms with Gasteiger partial charge < -0.3 is 34.1 Å². The van der Waals surface area contributed by atoms with Gasteiger partial charge in [0.15, 0.2) is 6.23 Å². The van der Waals surface area contributed by atoms with Crippen LogP contribution in [0, 0.1) is 23.2 Å². The van der Waals surface area contributed by atoms with Crippen LogP contribution in [0.25, 0.3) is 0 Å². The number of carbonyl (C=O) groups excluding carboxylic acids is 2. The van der Waals surface area contributed by atoms with Crippen LogP contribution in [-0.2, 0) is 32.9 Å². The van der Waals surface area contributed by atoms with Crippen LogP contribution >= 0.6 is 7.75 Å². The maximum absolute atomic E-state index is 14.2. The standard InChI is InChI=1S/C29H41N4O11P/c1-18(2)10-12-40-24(34)14-21(29(38)41-13-11-19(3)4)32-45(39,44-20-8-6-5-7-9-20)42-16-23-25(35)26(36)28(43-23)33-17-31-22(15-30)27(33)37/h5-9,17-19,21,23,25-26,28,35-37H,10-14,16H2,1-4H3,(H,32,39)/t21-,23+,25+,26+,28+,45?/m0/s1. The number of aromatic hydroxyl groups is 1. The Morgan fingerprint density at radius 3 is 2.33 bits per heavy atom. The second-order valence-corrected chi connectivity index (χ2v) is 13.0. The van der Waals surface area contributed by atoms with Gasteiger partial charge in [-0.2, -0.15) is 10.3 Å². The van der Waals surface area contributed by atoms with Gasteiger partial charge in [-0.05, 0) is 36.8 Å². The molecule has 1 saturated heterocycles. The van der Waals surface area contributed by atoms with E-state index < -0.39 is 69.2 Å². The highest BCUT2D eigenvalue weighted by Gasteiger charge is 2.46. The minimum absolute atomic E-state index is 0.0533. The summed E-state index contributed by atoms with van der Waals surface area (Å²) in [7, 11) is -4.54. The number of aliphatic hydroxyl groups is 2. The molecule has 6 atom stereocenters. The first-order valence-corrected chi connectivity index (χ1v) is 16.1. The summed E-state index contributed by atoms with van der Waals surface area (Å²) >= 11 is 0. The highest BCUT2D eigenvalue weighted by Crippen LogP contribution is 2.46. The van der Waals surface area contributed by atoms with Crippen molar-refractivity contribution in [1.82, 2.24) is 14.6 Å². The number of aliphatic hydroxyl groups excluding tert-OH is 2. The normalized spacial score (nSPS) is 21.7. The lowest BCUT2D eigenvalue weighted by atomic mass is 10.1. The summed E-state index contributed by atoms with van der Waals surface area (Å²) in [4.78, 5) is 29.5. The van der Waals surface area contributed by atoms with Crippen LogP contribution < -0.4 is 9.61 Å². The number of hydrogen-bond acceptors (Lipinski definition) is 13. The number of hydrogen-bond donors (Lipinski definition) is 4. The number of para-hydroxylation sites is 1. The lowest BCUT2D eigenvalue weighted by Gasteiger charge is -2.26. The third-order valence-electron chi connectivity index (χ3n) is 6.73. The number of esters is 2. The van der Waals surface area contributed by atoms with Crippen LogP contribution in [0.2, 0.25) is 0 Å². The molecule has 1 unspecified atom stereocenters. The zero-order chi connectivity index (χ0) is 33.1. The lowest BCUT2D eigenvalue weighted by Crippen LogP contribution is -2.41. The average molecular weight is 653 g/mol. The van der Waals surface area contributed by atoms with Gasteiger partial charge in [-0.25, -0.2) is 9.55 Å². The topological polar surface area (TPSA) is 212 Å². The van der Waals surface area contributed by atoms with Crippen LogP contribution in [0.15, 0.2) is 36.7 Å². The van der Waals surface area contributed by atoms with Crippen LogP contribution in [0.5, 0.6) is 11.6 Å². The molecule has 1 aliphatic heterocycles. The van der Waals surface area contributed by atoms with E-state index in [-0.39, 0.29) is 36.5 Å². The molecule has 3 rings (SSSR count). The molecule has 15 nitrogen and oxygen atoms in total. The maximum atomic E-state index is 14.2. The minimum atomic E-state index is -4.54. The molecule has 4 N–H and O–H groups in total. The fourth-order valence-electron chi connectivity index (χ4n) is 4.10. The predicted octanol–water partition coefficient (Wildman–Crippen LogP) is 2.81. The number of nitrogens with one attached hydrogen (secondary N) is 1. The molecule has 2 aromatic rings. The molecule has 0 bridgehead atoms. The van der Waals surface area contributed by atoms with Gasteiger partial charge >= 0.3 is 19.7 Å². The lowest BCUT2D eigenvalue weighted by molar-refractivity contribution is -0.152. The minimum Gasteiger partial charge on any atom is -0.492 e. The summed E-state index contributed by atoms with van der Waals surface area (Å²) < 4.78 is 42.7. The molecular formula is C29H41N4O11P. The summed E-state index contributed by atoms with van der Waals surface area (Å²) in [6.07, 6.45) is -4.22. The van der Waals surface area contributed by atoms with Crippen LogP contribution in [-0.4, -0.2) is 81.0 Å².